The quantitative estimate of drug-likeness (QED) is 0.741. The molecule has 16 heavy (non-hydrogen) atoms. The highest BCUT2D eigenvalue weighted by Crippen LogP contribution is 2.21. The molecule has 0 radical (unpaired) electrons. The summed E-state index contributed by atoms with van der Waals surface area (Å²) in [7, 11) is 1.65. The number of nitrogen functional groups attached to an aromatic ring is 1. The molecule has 1 heterocycles. The van der Waals surface area contributed by atoms with Crippen LogP contribution in [0.25, 0.3) is 11.1 Å². The molecule has 0 saturated carbocycles. The fourth-order valence-electron chi connectivity index (χ4n) is 1.47. The van der Waals surface area contributed by atoms with Gasteiger partial charge < -0.3 is 10.3 Å². The van der Waals surface area contributed by atoms with E-state index in [1.807, 2.05) is 0 Å². The summed E-state index contributed by atoms with van der Waals surface area (Å²) in [4.78, 5) is 11.2. The van der Waals surface area contributed by atoms with Gasteiger partial charge in [0.1, 0.15) is 5.82 Å². The highest BCUT2D eigenvalue weighted by molar-refractivity contribution is 5.64. The Hall–Kier alpha value is -2.10. The third-order valence-corrected chi connectivity index (χ3v) is 2.42. The van der Waals surface area contributed by atoms with Crippen molar-refractivity contribution in [1.29, 1.82) is 0 Å². The molecule has 0 aliphatic rings. The van der Waals surface area contributed by atoms with Crippen molar-refractivity contribution in [3.8, 4) is 11.1 Å². The summed E-state index contributed by atoms with van der Waals surface area (Å²) in [6, 6.07) is 7.69. The average Bonchev–Trinajstić information content (AvgIpc) is 2.26. The number of pyridine rings is 1. The van der Waals surface area contributed by atoms with Gasteiger partial charge in [0.2, 0.25) is 5.56 Å². The maximum Gasteiger partial charge on any atom is 0.250 e. The van der Waals surface area contributed by atoms with Gasteiger partial charge in [-0.25, -0.2) is 4.39 Å². The first-order valence-corrected chi connectivity index (χ1v) is 4.80. The molecule has 2 rings (SSSR count). The Balaban J connectivity index is 2.54. The lowest BCUT2D eigenvalue weighted by molar-refractivity contribution is 0.633. The van der Waals surface area contributed by atoms with Crippen LogP contribution < -0.4 is 11.3 Å². The molecule has 3 nitrogen and oxygen atoms in total. The highest BCUT2D eigenvalue weighted by atomic mass is 19.1. The fraction of sp³-hybridized carbons (Fsp3) is 0.0833. The summed E-state index contributed by atoms with van der Waals surface area (Å²) >= 11 is 0. The first kappa shape index (κ1) is 10.4. The zero-order valence-electron chi connectivity index (χ0n) is 8.77. The minimum Gasteiger partial charge on any atom is -0.396 e. The van der Waals surface area contributed by atoms with Gasteiger partial charge in [-0.1, -0.05) is 6.07 Å². The zero-order valence-corrected chi connectivity index (χ0v) is 8.77. The van der Waals surface area contributed by atoms with Crippen LogP contribution in [0.5, 0.6) is 0 Å². The van der Waals surface area contributed by atoms with Gasteiger partial charge in [-0.3, -0.25) is 4.79 Å². The summed E-state index contributed by atoms with van der Waals surface area (Å²) < 4.78 is 14.7. The van der Waals surface area contributed by atoms with Gasteiger partial charge in [0.25, 0.3) is 0 Å². The van der Waals surface area contributed by atoms with Crippen LogP contribution in [0.2, 0.25) is 0 Å². The molecule has 4 heteroatoms. The summed E-state index contributed by atoms with van der Waals surface area (Å²) in [5, 5.41) is 0. The van der Waals surface area contributed by atoms with E-state index in [1.54, 1.807) is 25.4 Å². The fourth-order valence-corrected chi connectivity index (χ4v) is 1.47. The molecule has 0 atom stereocenters. The van der Waals surface area contributed by atoms with Crippen molar-refractivity contribution >= 4 is 5.69 Å². The maximum absolute atomic E-state index is 13.3. The molecular formula is C12H11FN2O. The molecule has 0 fully saturated rings. The van der Waals surface area contributed by atoms with E-state index in [9.17, 15) is 9.18 Å². The van der Waals surface area contributed by atoms with E-state index in [1.165, 1.54) is 22.8 Å². The van der Waals surface area contributed by atoms with Crippen molar-refractivity contribution in [2.24, 2.45) is 7.05 Å². The van der Waals surface area contributed by atoms with E-state index in [0.717, 1.165) is 5.56 Å². The third-order valence-electron chi connectivity index (χ3n) is 2.42. The second-order valence-corrected chi connectivity index (χ2v) is 3.60. The first-order chi connectivity index (χ1) is 7.58. The number of benzene rings is 1. The maximum atomic E-state index is 13.3. The van der Waals surface area contributed by atoms with Crippen LogP contribution in [0.3, 0.4) is 0 Å². The number of rotatable bonds is 1. The average molecular weight is 218 g/mol. The molecule has 0 bridgehead atoms. The molecule has 0 aliphatic carbocycles. The van der Waals surface area contributed by atoms with E-state index in [0.29, 0.717) is 5.56 Å². The van der Waals surface area contributed by atoms with E-state index >= 15 is 0 Å². The predicted octanol–water partition coefficient (Wildman–Crippen LogP) is 1.77. The Morgan fingerprint density at radius 1 is 1.19 bits per heavy atom. The van der Waals surface area contributed by atoms with Gasteiger partial charge in [0, 0.05) is 19.3 Å². The summed E-state index contributed by atoms with van der Waals surface area (Å²) in [5.41, 5.74) is 6.89. The number of aromatic nitrogens is 1. The van der Waals surface area contributed by atoms with Crippen LogP contribution in [-0.2, 0) is 7.05 Å². The van der Waals surface area contributed by atoms with Crippen LogP contribution in [0.15, 0.2) is 41.3 Å². The van der Waals surface area contributed by atoms with Crippen LogP contribution >= 0.6 is 0 Å². The Bertz CT molecular complexity index is 590. The van der Waals surface area contributed by atoms with Gasteiger partial charge in [-0.05, 0) is 29.3 Å². The number of nitrogens with zero attached hydrogens (tertiary/aromatic N) is 1. The SMILES string of the molecule is Cn1cc(-c2ccc(N)c(F)c2)ccc1=O. The second-order valence-electron chi connectivity index (χ2n) is 3.60. The Labute approximate surface area is 92.0 Å². The van der Waals surface area contributed by atoms with Gasteiger partial charge in [0.15, 0.2) is 0 Å². The van der Waals surface area contributed by atoms with Crippen molar-refractivity contribution in [2.45, 2.75) is 0 Å². The van der Waals surface area contributed by atoms with Crippen molar-refractivity contribution < 1.29 is 4.39 Å². The smallest absolute Gasteiger partial charge is 0.250 e. The number of halogens is 1. The lowest BCUT2D eigenvalue weighted by atomic mass is 10.1. The van der Waals surface area contributed by atoms with Gasteiger partial charge in [-0.2, -0.15) is 0 Å². The Morgan fingerprint density at radius 3 is 2.50 bits per heavy atom. The normalized spacial score (nSPS) is 10.4. The summed E-state index contributed by atoms with van der Waals surface area (Å²) in [6.45, 7) is 0. The molecule has 0 aliphatic heterocycles. The van der Waals surface area contributed by atoms with Gasteiger partial charge >= 0.3 is 0 Å². The number of anilines is 1. The van der Waals surface area contributed by atoms with Crippen LogP contribution in [0.4, 0.5) is 10.1 Å². The molecule has 82 valence electrons. The molecular weight excluding hydrogens is 207 g/mol. The van der Waals surface area contributed by atoms with E-state index in [4.69, 9.17) is 5.73 Å². The van der Waals surface area contributed by atoms with Crippen molar-refractivity contribution in [3.63, 3.8) is 0 Å². The Kier molecular flexibility index (Phi) is 2.48. The van der Waals surface area contributed by atoms with Gasteiger partial charge in [-0.15, -0.1) is 0 Å². The molecule has 0 unspecified atom stereocenters. The summed E-state index contributed by atoms with van der Waals surface area (Å²) in [5.74, 6) is -0.452. The molecule has 0 spiro atoms. The predicted molar refractivity (Wildman–Crippen MR) is 61.5 cm³/mol. The van der Waals surface area contributed by atoms with Gasteiger partial charge in [0.05, 0.1) is 5.69 Å². The van der Waals surface area contributed by atoms with Crippen LogP contribution in [0.1, 0.15) is 0 Å². The monoisotopic (exact) mass is 218 g/mol. The third kappa shape index (κ3) is 1.82. The molecule has 2 N–H and O–H groups in total. The van der Waals surface area contributed by atoms with Crippen molar-refractivity contribution in [3.05, 3.63) is 52.7 Å². The topological polar surface area (TPSA) is 48.0 Å². The standard InChI is InChI=1S/C12H11FN2O/c1-15-7-9(3-5-12(15)16)8-2-4-11(14)10(13)6-8/h2-7H,14H2,1H3. The number of hydrogen-bond donors (Lipinski definition) is 1. The zero-order chi connectivity index (χ0) is 11.7. The number of nitrogens with two attached hydrogens (primary N) is 1. The lowest BCUT2D eigenvalue weighted by Gasteiger charge is -2.05. The largest absolute Gasteiger partial charge is 0.396 e. The molecule has 1 aromatic heterocycles. The number of hydrogen-bond acceptors (Lipinski definition) is 2. The van der Waals surface area contributed by atoms with Crippen LogP contribution in [0, 0.1) is 5.82 Å². The molecule has 2 aromatic rings. The molecule has 0 saturated heterocycles. The minimum absolute atomic E-state index is 0.0975. The lowest BCUT2D eigenvalue weighted by Crippen LogP contribution is -2.13. The summed E-state index contributed by atoms with van der Waals surface area (Å²) in [6.07, 6.45) is 1.66. The van der Waals surface area contributed by atoms with E-state index in [2.05, 4.69) is 0 Å². The molecule has 0 amide bonds. The minimum atomic E-state index is -0.452. The highest BCUT2D eigenvalue weighted by Gasteiger charge is 2.03. The van der Waals surface area contributed by atoms with E-state index < -0.39 is 5.82 Å². The Morgan fingerprint density at radius 2 is 1.88 bits per heavy atom. The van der Waals surface area contributed by atoms with E-state index in [-0.39, 0.29) is 11.2 Å². The van der Waals surface area contributed by atoms with Crippen molar-refractivity contribution in [1.82, 2.24) is 4.57 Å². The van der Waals surface area contributed by atoms with Crippen molar-refractivity contribution in [2.75, 3.05) is 5.73 Å². The van der Waals surface area contributed by atoms with Crippen LogP contribution in [-0.4, -0.2) is 4.57 Å². The molecule has 1 aromatic carbocycles. The second kappa shape index (κ2) is 3.81. The first-order valence-electron chi connectivity index (χ1n) is 4.80. The number of aryl methyl sites for hydroxylation is 1.